The largest absolute Gasteiger partial charge is 0.367 e. The average Bonchev–Trinajstić information content (AvgIpc) is 3.08. The van der Waals surface area contributed by atoms with Gasteiger partial charge in [-0.3, -0.25) is 0 Å². The summed E-state index contributed by atoms with van der Waals surface area (Å²) >= 11 is 0. The SMILES string of the molecule is Cc1nc(N)nn2ccc(-c3ccc4nc(C)n(CC(F)F)c4n3)c12. The van der Waals surface area contributed by atoms with Gasteiger partial charge in [-0.25, -0.2) is 28.2 Å². The second kappa shape index (κ2) is 5.47. The fourth-order valence-electron chi connectivity index (χ4n) is 3.05. The molecule has 4 rings (SSSR count). The molecule has 0 aliphatic heterocycles. The predicted molar refractivity (Wildman–Crippen MR) is 89.4 cm³/mol. The van der Waals surface area contributed by atoms with Crippen molar-refractivity contribution in [3.8, 4) is 11.3 Å². The van der Waals surface area contributed by atoms with Gasteiger partial charge >= 0.3 is 0 Å². The van der Waals surface area contributed by atoms with Crippen molar-refractivity contribution >= 4 is 22.6 Å². The first-order valence-corrected chi connectivity index (χ1v) is 7.68. The van der Waals surface area contributed by atoms with Crippen LogP contribution in [0.2, 0.25) is 0 Å². The average molecular weight is 343 g/mol. The molecule has 25 heavy (non-hydrogen) atoms. The Kier molecular flexibility index (Phi) is 3.38. The van der Waals surface area contributed by atoms with Crippen LogP contribution in [0.5, 0.6) is 0 Å². The molecule has 0 atom stereocenters. The van der Waals surface area contributed by atoms with Crippen molar-refractivity contribution in [3.05, 3.63) is 35.9 Å². The highest BCUT2D eigenvalue weighted by Gasteiger charge is 2.16. The van der Waals surface area contributed by atoms with Gasteiger partial charge in [0.1, 0.15) is 11.3 Å². The van der Waals surface area contributed by atoms with E-state index in [4.69, 9.17) is 5.73 Å². The quantitative estimate of drug-likeness (QED) is 0.618. The van der Waals surface area contributed by atoms with Crippen LogP contribution in [0, 0.1) is 13.8 Å². The van der Waals surface area contributed by atoms with Crippen molar-refractivity contribution in [2.75, 3.05) is 5.73 Å². The smallest absolute Gasteiger partial charge is 0.256 e. The molecule has 7 nitrogen and oxygen atoms in total. The van der Waals surface area contributed by atoms with Crippen LogP contribution < -0.4 is 5.73 Å². The molecule has 0 saturated carbocycles. The summed E-state index contributed by atoms with van der Waals surface area (Å²) in [6.45, 7) is 3.09. The van der Waals surface area contributed by atoms with Crippen molar-refractivity contribution in [2.45, 2.75) is 26.8 Å². The maximum atomic E-state index is 12.9. The molecule has 0 spiro atoms. The highest BCUT2D eigenvalue weighted by molar-refractivity contribution is 5.84. The highest BCUT2D eigenvalue weighted by atomic mass is 19.3. The number of pyridine rings is 1. The molecular weight excluding hydrogens is 328 g/mol. The van der Waals surface area contributed by atoms with E-state index < -0.39 is 13.0 Å². The van der Waals surface area contributed by atoms with E-state index in [1.165, 1.54) is 4.57 Å². The number of nitrogens with two attached hydrogens (primary N) is 1. The van der Waals surface area contributed by atoms with Crippen LogP contribution in [-0.4, -0.2) is 35.6 Å². The lowest BCUT2D eigenvalue weighted by atomic mass is 10.1. The fourth-order valence-corrected chi connectivity index (χ4v) is 3.05. The van der Waals surface area contributed by atoms with Gasteiger partial charge in [-0.05, 0) is 32.0 Å². The molecule has 0 unspecified atom stereocenters. The second-order valence-electron chi connectivity index (χ2n) is 5.78. The Hall–Kier alpha value is -3.10. The van der Waals surface area contributed by atoms with Crippen molar-refractivity contribution in [1.82, 2.24) is 29.1 Å². The first kappa shape index (κ1) is 15.4. The monoisotopic (exact) mass is 343 g/mol. The standard InChI is InChI=1S/C16H15F2N7/c1-8-14-10(5-6-25(14)23-16(19)20-8)11-3-4-12-15(22-11)24(7-13(17)18)9(2)21-12/h3-6,13H,7H2,1-2H3,(H2,19,23). The number of aromatic nitrogens is 6. The maximum Gasteiger partial charge on any atom is 0.256 e. The first-order chi connectivity index (χ1) is 11.9. The third-order valence-electron chi connectivity index (χ3n) is 4.08. The summed E-state index contributed by atoms with van der Waals surface area (Å²) in [5.74, 6) is 0.690. The maximum absolute atomic E-state index is 12.9. The predicted octanol–water partition coefficient (Wildman–Crippen LogP) is 2.61. The number of rotatable bonds is 3. The molecule has 0 fully saturated rings. The van der Waals surface area contributed by atoms with Crippen LogP contribution in [0.3, 0.4) is 0 Å². The lowest BCUT2D eigenvalue weighted by molar-refractivity contribution is 0.127. The Morgan fingerprint density at radius 3 is 2.68 bits per heavy atom. The summed E-state index contributed by atoms with van der Waals surface area (Å²) in [6, 6.07) is 5.45. The van der Waals surface area contributed by atoms with E-state index in [-0.39, 0.29) is 5.95 Å². The summed E-state index contributed by atoms with van der Waals surface area (Å²) in [7, 11) is 0. The number of anilines is 1. The number of hydrogen-bond acceptors (Lipinski definition) is 5. The number of alkyl halides is 2. The van der Waals surface area contributed by atoms with Crippen molar-refractivity contribution in [3.63, 3.8) is 0 Å². The minimum absolute atomic E-state index is 0.182. The van der Waals surface area contributed by atoms with Crippen LogP contribution in [0.25, 0.3) is 27.9 Å². The molecule has 0 aliphatic rings. The molecular formula is C16H15F2N7. The van der Waals surface area contributed by atoms with Crippen LogP contribution in [0.4, 0.5) is 14.7 Å². The van der Waals surface area contributed by atoms with Gasteiger partial charge in [0.15, 0.2) is 5.65 Å². The third kappa shape index (κ3) is 2.48. The van der Waals surface area contributed by atoms with E-state index in [9.17, 15) is 8.78 Å². The molecule has 4 aromatic heterocycles. The zero-order chi connectivity index (χ0) is 17.7. The Morgan fingerprint density at radius 2 is 1.92 bits per heavy atom. The van der Waals surface area contributed by atoms with E-state index in [0.29, 0.717) is 28.4 Å². The summed E-state index contributed by atoms with van der Waals surface area (Å²) in [6.07, 6.45) is -0.709. The lowest BCUT2D eigenvalue weighted by Gasteiger charge is -2.07. The number of hydrogen-bond donors (Lipinski definition) is 1. The van der Waals surface area contributed by atoms with E-state index in [0.717, 1.165) is 11.1 Å². The summed E-state index contributed by atoms with van der Waals surface area (Å²) < 4.78 is 28.8. The molecule has 4 aromatic rings. The van der Waals surface area contributed by atoms with Gasteiger partial charge in [0.25, 0.3) is 6.43 Å². The van der Waals surface area contributed by atoms with E-state index in [1.807, 2.05) is 19.1 Å². The van der Waals surface area contributed by atoms with Gasteiger partial charge in [0.05, 0.1) is 23.4 Å². The molecule has 9 heteroatoms. The van der Waals surface area contributed by atoms with Crippen LogP contribution in [0.15, 0.2) is 24.4 Å². The van der Waals surface area contributed by atoms with Crippen molar-refractivity contribution in [1.29, 1.82) is 0 Å². The minimum atomic E-state index is -2.48. The van der Waals surface area contributed by atoms with Crippen LogP contribution >= 0.6 is 0 Å². The second-order valence-corrected chi connectivity index (χ2v) is 5.78. The van der Waals surface area contributed by atoms with Gasteiger partial charge < -0.3 is 10.3 Å². The Labute approximate surface area is 141 Å². The van der Waals surface area contributed by atoms with Gasteiger partial charge in [0, 0.05) is 11.8 Å². The normalized spacial score (nSPS) is 11.9. The Balaban J connectivity index is 1.93. The topological polar surface area (TPSA) is 86.9 Å². The first-order valence-electron chi connectivity index (χ1n) is 7.68. The molecule has 0 saturated heterocycles. The molecule has 128 valence electrons. The molecule has 0 aromatic carbocycles. The molecule has 4 heterocycles. The minimum Gasteiger partial charge on any atom is -0.367 e. The Morgan fingerprint density at radius 1 is 1.12 bits per heavy atom. The van der Waals surface area contributed by atoms with E-state index in [1.54, 1.807) is 23.7 Å². The lowest BCUT2D eigenvalue weighted by Crippen LogP contribution is -2.09. The van der Waals surface area contributed by atoms with E-state index in [2.05, 4.69) is 20.1 Å². The summed E-state index contributed by atoms with van der Waals surface area (Å²) in [4.78, 5) is 13.1. The van der Waals surface area contributed by atoms with Gasteiger partial charge in [-0.1, -0.05) is 0 Å². The number of halogens is 2. The Bertz CT molecular complexity index is 1100. The number of imidazole rings is 1. The zero-order valence-corrected chi connectivity index (χ0v) is 13.6. The third-order valence-corrected chi connectivity index (χ3v) is 4.08. The van der Waals surface area contributed by atoms with Crippen molar-refractivity contribution in [2.24, 2.45) is 0 Å². The number of nitrogens with zero attached hydrogens (tertiary/aromatic N) is 6. The van der Waals surface area contributed by atoms with E-state index >= 15 is 0 Å². The molecule has 2 N–H and O–H groups in total. The number of aryl methyl sites for hydroxylation is 2. The number of nitrogen functional groups attached to an aromatic ring is 1. The van der Waals surface area contributed by atoms with Crippen molar-refractivity contribution < 1.29 is 8.78 Å². The van der Waals surface area contributed by atoms with Gasteiger partial charge in [-0.2, -0.15) is 0 Å². The van der Waals surface area contributed by atoms with Crippen LogP contribution in [0.1, 0.15) is 11.5 Å². The summed E-state index contributed by atoms with van der Waals surface area (Å²) in [5, 5.41) is 4.14. The molecule has 0 bridgehead atoms. The van der Waals surface area contributed by atoms with Gasteiger partial charge in [0.2, 0.25) is 5.95 Å². The zero-order valence-electron chi connectivity index (χ0n) is 13.6. The van der Waals surface area contributed by atoms with Crippen LogP contribution in [-0.2, 0) is 6.54 Å². The summed E-state index contributed by atoms with van der Waals surface area (Å²) in [5.41, 5.74) is 9.63. The number of fused-ring (bicyclic) bond motifs is 2. The fraction of sp³-hybridized carbons (Fsp3) is 0.250. The molecule has 0 amide bonds. The highest BCUT2D eigenvalue weighted by Crippen LogP contribution is 2.28. The molecule has 0 radical (unpaired) electrons. The molecule has 0 aliphatic carbocycles. The van der Waals surface area contributed by atoms with Gasteiger partial charge in [-0.15, -0.1) is 5.10 Å².